The molecule has 5 nitrogen and oxygen atoms in total. The minimum absolute atomic E-state index is 0.00472. The Kier molecular flexibility index (Phi) is 5.19. The van der Waals surface area contributed by atoms with Crippen LogP contribution in [-0.2, 0) is 13.0 Å². The smallest absolute Gasteiger partial charge is 0.255 e. The lowest BCUT2D eigenvalue weighted by atomic mass is 9.71. The predicted molar refractivity (Wildman–Crippen MR) is 112 cm³/mol. The summed E-state index contributed by atoms with van der Waals surface area (Å²) >= 11 is 0. The van der Waals surface area contributed by atoms with Gasteiger partial charge in [0.15, 0.2) is 0 Å². The van der Waals surface area contributed by atoms with Crippen molar-refractivity contribution in [3.05, 3.63) is 57.3 Å². The SMILES string of the molecule is CC1=C(CCN2CCc3nc(-c4ccncc4)[nH]c(=O)c3C2)C(C)(C)CCC1. The third-order valence-corrected chi connectivity index (χ3v) is 6.47. The summed E-state index contributed by atoms with van der Waals surface area (Å²) in [4.78, 5) is 26.9. The number of H-pyrrole nitrogens is 1. The van der Waals surface area contributed by atoms with Crippen molar-refractivity contribution in [1.29, 1.82) is 0 Å². The zero-order chi connectivity index (χ0) is 19.7. The van der Waals surface area contributed by atoms with Gasteiger partial charge in [-0.2, -0.15) is 0 Å². The lowest BCUT2D eigenvalue weighted by Crippen LogP contribution is -2.37. The van der Waals surface area contributed by atoms with Crippen molar-refractivity contribution in [3.8, 4) is 11.4 Å². The van der Waals surface area contributed by atoms with Crippen LogP contribution in [0.2, 0.25) is 0 Å². The third kappa shape index (κ3) is 3.81. The molecule has 4 rings (SSSR count). The Morgan fingerprint density at radius 1 is 1.21 bits per heavy atom. The van der Waals surface area contributed by atoms with Gasteiger partial charge in [0.05, 0.1) is 11.3 Å². The highest BCUT2D eigenvalue weighted by Crippen LogP contribution is 2.41. The van der Waals surface area contributed by atoms with Gasteiger partial charge >= 0.3 is 0 Å². The first-order valence-electron chi connectivity index (χ1n) is 10.4. The summed E-state index contributed by atoms with van der Waals surface area (Å²) in [5, 5.41) is 0. The number of pyridine rings is 1. The summed E-state index contributed by atoms with van der Waals surface area (Å²) in [6.07, 6.45) is 9.21. The predicted octanol–water partition coefficient (Wildman–Crippen LogP) is 4.11. The summed E-state index contributed by atoms with van der Waals surface area (Å²) < 4.78 is 0. The molecule has 0 spiro atoms. The molecule has 3 heterocycles. The van der Waals surface area contributed by atoms with Crippen molar-refractivity contribution < 1.29 is 0 Å². The Labute approximate surface area is 166 Å². The fourth-order valence-electron chi connectivity index (χ4n) is 4.81. The number of rotatable bonds is 4. The van der Waals surface area contributed by atoms with E-state index < -0.39 is 0 Å². The Balaban J connectivity index is 1.49. The summed E-state index contributed by atoms with van der Waals surface area (Å²) in [5.41, 5.74) is 6.20. The summed E-state index contributed by atoms with van der Waals surface area (Å²) in [6, 6.07) is 3.75. The molecule has 0 amide bonds. The number of hydrogen-bond acceptors (Lipinski definition) is 4. The number of nitrogens with one attached hydrogen (secondary N) is 1. The maximum Gasteiger partial charge on any atom is 0.255 e. The largest absolute Gasteiger partial charge is 0.306 e. The van der Waals surface area contributed by atoms with Gasteiger partial charge in [-0.3, -0.25) is 14.7 Å². The molecule has 0 saturated carbocycles. The molecular formula is C23H30N4O. The Bertz CT molecular complexity index is 943. The van der Waals surface area contributed by atoms with Gasteiger partial charge in [-0.1, -0.05) is 25.0 Å². The molecule has 5 heteroatoms. The van der Waals surface area contributed by atoms with Gasteiger partial charge in [-0.05, 0) is 50.2 Å². The van der Waals surface area contributed by atoms with Crippen LogP contribution >= 0.6 is 0 Å². The van der Waals surface area contributed by atoms with Gasteiger partial charge in [0.25, 0.3) is 5.56 Å². The molecule has 1 aliphatic heterocycles. The normalized spacial score (nSPS) is 19.5. The Hall–Kier alpha value is -2.27. The Morgan fingerprint density at radius 2 is 2.00 bits per heavy atom. The molecule has 0 radical (unpaired) electrons. The van der Waals surface area contributed by atoms with Gasteiger partial charge in [-0.15, -0.1) is 0 Å². The lowest BCUT2D eigenvalue weighted by molar-refractivity contribution is 0.242. The van der Waals surface area contributed by atoms with Gasteiger partial charge in [-0.25, -0.2) is 4.98 Å². The van der Waals surface area contributed by atoms with Crippen molar-refractivity contribution >= 4 is 0 Å². The van der Waals surface area contributed by atoms with Crippen LogP contribution in [0.4, 0.5) is 0 Å². The molecule has 148 valence electrons. The molecular weight excluding hydrogens is 348 g/mol. The van der Waals surface area contributed by atoms with E-state index in [4.69, 9.17) is 4.98 Å². The second-order valence-corrected chi connectivity index (χ2v) is 8.85. The molecule has 0 bridgehead atoms. The fourth-order valence-corrected chi connectivity index (χ4v) is 4.81. The van der Waals surface area contributed by atoms with E-state index in [-0.39, 0.29) is 5.56 Å². The topological polar surface area (TPSA) is 61.9 Å². The molecule has 0 atom stereocenters. The van der Waals surface area contributed by atoms with E-state index in [0.717, 1.165) is 42.8 Å². The average Bonchev–Trinajstić information content (AvgIpc) is 2.68. The van der Waals surface area contributed by atoms with Crippen molar-refractivity contribution in [1.82, 2.24) is 19.9 Å². The number of aromatic nitrogens is 3. The monoisotopic (exact) mass is 378 g/mol. The molecule has 1 N–H and O–H groups in total. The minimum atomic E-state index is -0.00472. The van der Waals surface area contributed by atoms with E-state index in [0.29, 0.717) is 17.8 Å². The molecule has 0 aromatic carbocycles. The first kappa shape index (κ1) is 19.1. The van der Waals surface area contributed by atoms with Crippen molar-refractivity contribution in [2.24, 2.45) is 5.41 Å². The van der Waals surface area contributed by atoms with E-state index in [1.54, 1.807) is 23.5 Å². The second kappa shape index (κ2) is 7.63. The van der Waals surface area contributed by atoms with E-state index in [1.807, 2.05) is 12.1 Å². The van der Waals surface area contributed by atoms with E-state index in [9.17, 15) is 4.79 Å². The summed E-state index contributed by atoms with van der Waals surface area (Å²) in [6.45, 7) is 9.74. The summed E-state index contributed by atoms with van der Waals surface area (Å²) in [5.74, 6) is 0.643. The highest BCUT2D eigenvalue weighted by Gasteiger charge is 2.29. The number of nitrogens with zero attached hydrogens (tertiary/aromatic N) is 3. The van der Waals surface area contributed by atoms with Crippen molar-refractivity contribution in [2.45, 2.75) is 59.4 Å². The van der Waals surface area contributed by atoms with Gasteiger partial charge in [0.2, 0.25) is 0 Å². The first-order chi connectivity index (χ1) is 13.4. The van der Waals surface area contributed by atoms with Crippen LogP contribution in [0.1, 0.15) is 57.7 Å². The molecule has 28 heavy (non-hydrogen) atoms. The standard InChI is InChI=1S/C23H30N4O/c1-16-5-4-10-23(2,3)19(16)8-13-27-14-9-20-18(15-27)22(28)26-21(25-20)17-6-11-24-12-7-17/h6-7,11-12H,4-5,8-10,13-15H2,1-3H3,(H,25,26,28). The first-order valence-corrected chi connectivity index (χ1v) is 10.4. The number of hydrogen-bond donors (Lipinski definition) is 1. The summed E-state index contributed by atoms with van der Waals surface area (Å²) in [7, 11) is 0. The molecule has 2 aliphatic rings. The zero-order valence-electron chi connectivity index (χ0n) is 17.2. The van der Waals surface area contributed by atoms with Crippen LogP contribution in [0, 0.1) is 5.41 Å². The maximum atomic E-state index is 12.7. The van der Waals surface area contributed by atoms with Crippen LogP contribution in [-0.4, -0.2) is 32.9 Å². The Morgan fingerprint density at radius 3 is 2.75 bits per heavy atom. The zero-order valence-corrected chi connectivity index (χ0v) is 17.2. The molecule has 0 unspecified atom stereocenters. The maximum absolute atomic E-state index is 12.7. The van der Waals surface area contributed by atoms with Crippen LogP contribution in [0.25, 0.3) is 11.4 Å². The fraction of sp³-hybridized carbons (Fsp3) is 0.522. The van der Waals surface area contributed by atoms with Gasteiger partial charge < -0.3 is 4.98 Å². The number of fused-ring (bicyclic) bond motifs is 1. The van der Waals surface area contributed by atoms with Gasteiger partial charge in [0, 0.05) is 44.0 Å². The van der Waals surface area contributed by atoms with Crippen LogP contribution < -0.4 is 5.56 Å². The molecule has 0 fully saturated rings. The van der Waals surface area contributed by atoms with Gasteiger partial charge in [0.1, 0.15) is 5.82 Å². The number of aromatic amines is 1. The highest BCUT2D eigenvalue weighted by atomic mass is 16.1. The van der Waals surface area contributed by atoms with E-state index in [1.165, 1.54) is 19.3 Å². The second-order valence-electron chi connectivity index (χ2n) is 8.85. The van der Waals surface area contributed by atoms with E-state index in [2.05, 4.69) is 35.6 Å². The number of allylic oxidation sites excluding steroid dienone is 1. The van der Waals surface area contributed by atoms with Crippen LogP contribution in [0.5, 0.6) is 0 Å². The van der Waals surface area contributed by atoms with E-state index >= 15 is 0 Å². The van der Waals surface area contributed by atoms with Crippen LogP contribution in [0.3, 0.4) is 0 Å². The molecule has 1 aliphatic carbocycles. The minimum Gasteiger partial charge on any atom is -0.306 e. The average molecular weight is 379 g/mol. The van der Waals surface area contributed by atoms with Crippen molar-refractivity contribution in [3.63, 3.8) is 0 Å². The molecule has 2 aromatic rings. The highest BCUT2D eigenvalue weighted by molar-refractivity contribution is 5.54. The van der Waals surface area contributed by atoms with Crippen molar-refractivity contribution in [2.75, 3.05) is 13.1 Å². The third-order valence-electron chi connectivity index (χ3n) is 6.47. The molecule has 2 aromatic heterocycles. The quantitative estimate of drug-likeness (QED) is 0.814. The lowest BCUT2D eigenvalue weighted by Gasteiger charge is -2.36. The van der Waals surface area contributed by atoms with Crippen LogP contribution in [0.15, 0.2) is 40.5 Å². The molecule has 0 saturated heterocycles.